The minimum Gasteiger partial charge on any atom is -0.493 e. The number of methoxy groups -OCH3 is 1. The Morgan fingerprint density at radius 1 is 1.17 bits per heavy atom. The summed E-state index contributed by atoms with van der Waals surface area (Å²) in [7, 11) is 1.50. The Hall–Kier alpha value is -4.31. The molecule has 1 saturated heterocycles. The first-order valence-corrected chi connectivity index (χ1v) is 11.0. The molecule has 35 heavy (non-hydrogen) atoms. The maximum Gasteiger partial charge on any atom is 0.273 e. The highest BCUT2D eigenvalue weighted by Gasteiger charge is 2.33. The van der Waals surface area contributed by atoms with Crippen molar-refractivity contribution in [3.63, 3.8) is 0 Å². The van der Waals surface area contributed by atoms with Crippen LogP contribution in [0.5, 0.6) is 23.0 Å². The summed E-state index contributed by atoms with van der Waals surface area (Å²) in [6.07, 6.45) is 4.38. The number of carbonyl (C=O) groups excluding carboxylic acids is 1. The van der Waals surface area contributed by atoms with Crippen LogP contribution in [0.2, 0.25) is 0 Å². The molecule has 2 aromatic heterocycles. The molecule has 182 valence electrons. The molecule has 1 fully saturated rings. The lowest BCUT2D eigenvalue weighted by Crippen LogP contribution is -2.57. The first kappa shape index (κ1) is 23.8. The number of amides is 1. The number of benzene rings is 1. The molecule has 1 aromatic carbocycles. The molecule has 4 rings (SSSR count). The predicted molar refractivity (Wildman–Crippen MR) is 131 cm³/mol. The van der Waals surface area contributed by atoms with Gasteiger partial charge in [0.2, 0.25) is 0 Å². The van der Waals surface area contributed by atoms with Crippen LogP contribution in [0.1, 0.15) is 10.5 Å². The van der Waals surface area contributed by atoms with Gasteiger partial charge >= 0.3 is 0 Å². The molecule has 0 saturated carbocycles. The van der Waals surface area contributed by atoms with Crippen molar-refractivity contribution < 1.29 is 24.1 Å². The minimum atomic E-state index is -0.474. The molecule has 1 aliphatic heterocycles. The van der Waals surface area contributed by atoms with Gasteiger partial charge in [0.25, 0.3) is 5.91 Å². The van der Waals surface area contributed by atoms with Gasteiger partial charge in [0.1, 0.15) is 17.3 Å². The van der Waals surface area contributed by atoms with Crippen LogP contribution in [0.15, 0.2) is 67.7 Å². The molecular weight excluding hydrogens is 450 g/mol. The predicted octanol–water partition coefficient (Wildman–Crippen LogP) is 2.71. The fraction of sp³-hybridized carbons (Fsp3) is 0.240. The standard InChI is InChI=1S/C25H27N5O5/c1-3-34-21-12-24(26)28-13-20(21)29-9-10-30(17(15-29)16-31)25(32)19-11-22(33-2)23(14-27-19)35-18-7-5-4-6-8-18/h3-8,11-14,17,31H,1,9-10,15-16H2,2H3,(H2,26,28)/t17-/m1/s1. The lowest BCUT2D eigenvalue weighted by molar-refractivity contribution is 0.0559. The van der Waals surface area contributed by atoms with Gasteiger partial charge in [-0.2, -0.15) is 0 Å². The molecule has 0 bridgehead atoms. The van der Waals surface area contributed by atoms with E-state index in [0.29, 0.717) is 54.1 Å². The van der Waals surface area contributed by atoms with Crippen molar-refractivity contribution in [3.8, 4) is 23.0 Å². The number of rotatable bonds is 8. The fourth-order valence-electron chi connectivity index (χ4n) is 3.90. The molecule has 10 nitrogen and oxygen atoms in total. The van der Waals surface area contributed by atoms with Crippen molar-refractivity contribution in [2.24, 2.45) is 0 Å². The lowest BCUT2D eigenvalue weighted by Gasteiger charge is -2.41. The van der Waals surface area contributed by atoms with Gasteiger partial charge in [-0.1, -0.05) is 24.8 Å². The van der Waals surface area contributed by atoms with E-state index >= 15 is 0 Å². The molecule has 1 aliphatic rings. The van der Waals surface area contributed by atoms with Gasteiger partial charge in [0, 0.05) is 31.8 Å². The zero-order valence-electron chi connectivity index (χ0n) is 19.3. The second kappa shape index (κ2) is 10.7. The van der Waals surface area contributed by atoms with Gasteiger partial charge in [-0.15, -0.1) is 0 Å². The average molecular weight is 478 g/mol. The largest absolute Gasteiger partial charge is 0.493 e. The zero-order valence-corrected chi connectivity index (χ0v) is 19.3. The van der Waals surface area contributed by atoms with E-state index in [0.717, 1.165) is 0 Å². The van der Waals surface area contributed by atoms with E-state index in [1.165, 1.54) is 19.6 Å². The van der Waals surface area contributed by atoms with Crippen molar-refractivity contribution in [1.29, 1.82) is 0 Å². The summed E-state index contributed by atoms with van der Waals surface area (Å²) in [5, 5.41) is 10.1. The summed E-state index contributed by atoms with van der Waals surface area (Å²) in [6, 6.07) is 11.9. The molecule has 1 amide bonds. The molecule has 3 heterocycles. The lowest BCUT2D eigenvalue weighted by atomic mass is 10.1. The van der Waals surface area contributed by atoms with Crippen LogP contribution in [-0.2, 0) is 0 Å². The molecule has 3 N–H and O–H groups in total. The maximum absolute atomic E-state index is 13.3. The number of pyridine rings is 2. The van der Waals surface area contributed by atoms with Gasteiger partial charge in [-0.3, -0.25) is 4.79 Å². The van der Waals surface area contributed by atoms with Crippen LogP contribution in [-0.4, -0.2) is 65.3 Å². The second-order valence-corrected chi connectivity index (χ2v) is 7.78. The van der Waals surface area contributed by atoms with Crippen LogP contribution < -0.4 is 24.8 Å². The monoisotopic (exact) mass is 477 g/mol. The summed E-state index contributed by atoms with van der Waals surface area (Å²) in [4.78, 5) is 25.4. The third kappa shape index (κ3) is 5.28. The smallest absolute Gasteiger partial charge is 0.273 e. The highest BCUT2D eigenvalue weighted by molar-refractivity contribution is 5.93. The number of aliphatic hydroxyl groups excluding tert-OH is 1. The van der Waals surface area contributed by atoms with Crippen LogP contribution in [0.25, 0.3) is 0 Å². The summed E-state index contributed by atoms with van der Waals surface area (Å²) in [5.74, 6) is 1.91. The molecule has 0 unspecified atom stereocenters. The Labute approximate surface area is 203 Å². The van der Waals surface area contributed by atoms with Crippen LogP contribution >= 0.6 is 0 Å². The first-order valence-electron chi connectivity index (χ1n) is 11.0. The SMILES string of the molecule is C=COc1cc(N)ncc1N1CCN(C(=O)c2cc(OC)c(Oc3ccccc3)cn2)[C@@H](CO)C1. The van der Waals surface area contributed by atoms with Gasteiger partial charge in [-0.25, -0.2) is 9.97 Å². The molecule has 0 aliphatic carbocycles. The van der Waals surface area contributed by atoms with Crippen molar-refractivity contribution >= 4 is 17.4 Å². The second-order valence-electron chi connectivity index (χ2n) is 7.78. The van der Waals surface area contributed by atoms with Crippen LogP contribution in [0.4, 0.5) is 11.5 Å². The van der Waals surface area contributed by atoms with Gasteiger partial charge in [0.15, 0.2) is 17.2 Å². The highest BCUT2D eigenvalue weighted by Crippen LogP contribution is 2.33. The topological polar surface area (TPSA) is 123 Å². The summed E-state index contributed by atoms with van der Waals surface area (Å²) < 4.78 is 16.8. The Kier molecular flexibility index (Phi) is 7.32. The summed E-state index contributed by atoms with van der Waals surface area (Å²) >= 11 is 0. The number of piperazine rings is 1. The van der Waals surface area contributed by atoms with E-state index < -0.39 is 6.04 Å². The fourth-order valence-corrected chi connectivity index (χ4v) is 3.90. The van der Waals surface area contributed by atoms with E-state index in [1.54, 1.807) is 23.2 Å². The quantitative estimate of drug-likeness (QED) is 0.471. The maximum atomic E-state index is 13.3. The minimum absolute atomic E-state index is 0.194. The third-order valence-electron chi connectivity index (χ3n) is 5.61. The Morgan fingerprint density at radius 2 is 1.97 bits per heavy atom. The number of aromatic nitrogens is 2. The molecule has 1 atom stereocenters. The number of ether oxygens (including phenoxy) is 3. The number of anilines is 2. The molecule has 0 spiro atoms. The number of hydrogen-bond acceptors (Lipinski definition) is 9. The summed E-state index contributed by atoms with van der Waals surface area (Å²) in [5.41, 5.74) is 6.68. The number of nitrogens with zero attached hydrogens (tertiary/aromatic N) is 4. The van der Waals surface area contributed by atoms with E-state index in [2.05, 4.69) is 16.5 Å². The molecule has 3 aromatic rings. The van der Waals surface area contributed by atoms with E-state index in [4.69, 9.17) is 19.9 Å². The highest BCUT2D eigenvalue weighted by atomic mass is 16.5. The average Bonchev–Trinajstić information content (AvgIpc) is 2.89. The normalized spacial score (nSPS) is 15.4. The first-order chi connectivity index (χ1) is 17.0. The van der Waals surface area contributed by atoms with E-state index in [1.807, 2.05) is 35.2 Å². The third-order valence-corrected chi connectivity index (χ3v) is 5.61. The molecular formula is C25H27N5O5. The van der Waals surface area contributed by atoms with Crippen molar-refractivity contribution in [1.82, 2.24) is 14.9 Å². The molecule has 10 heteroatoms. The Morgan fingerprint density at radius 3 is 2.69 bits per heavy atom. The van der Waals surface area contributed by atoms with Crippen LogP contribution in [0.3, 0.4) is 0 Å². The number of aliphatic hydroxyl groups is 1. The number of hydrogen-bond donors (Lipinski definition) is 2. The van der Waals surface area contributed by atoms with Gasteiger partial charge in [-0.05, 0) is 12.1 Å². The Balaban J connectivity index is 1.52. The van der Waals surface area contributed by atoms with Crippen molar-refractivity contribution in [2.45, 2.75) is 6.04 Å². The summed E-state index contributed by atoms with van der Waals surface area (Å²) in [6.45, 7) is 4.58. The van der Waals surface area contributed by atoms with Crippen molar-refractivity contribution in [2.75, 3.05) is 44.0 Å². The number of nitrogens with two attached hydrogens (primary N) is 1. The van der Waals surface area contributed by atoms with Gasteiger partial charge in [0.05, 0.1) is 44.1 Å². The number of carbonyl (C=O) groups is 1. The van der Waals surface area contributed by atoms with Crippen LogP contribution in [0, 0.1) is 0 Å². The van der Waals surface area contributed by atoms with Crippen molar-refractivity contribution in [3.05, 3.63) is 73.4 Å². The number of para-hydroxylation sites is 1. The molecule has 0 radical (unpaired) electrons. The zero-order chi connectivity index (χ0) is 24.8. The number of nitrogen functional groups attached to an aromatic ring is 1. The van der Waals surface area contributed by atoms with E-state index in [9.17, 15) is 9.90 Å². The van der Waals surface area contributed by atoms with E-state index in [-0.39, 0.29) is 18.2 Å². The Bertz CT molecular complexity index is 1190. The van der Waals surface area contributed by atoms with Gasteiger partial charge < -0.3 is 34.9 Å².